The third kappa shape index (κ3) is 7.43. The summed E-state index contributed by atoms with van der Waals surface area (Å²) in [6, 6.07) is 14.6. The summed E-state index contributed by atoms with van der Waals surface area (Å²) in [7, 11) is 2.98. The summed E-state index contributed by atoms with van der Waals surface area (Å²) in [5.74, 6) is -0.463. The van der Waals surface area contributed by atoms with Crippen LogP contribution in [0.3, 0.4) is 0 Å². The van der Waals surface area contributed by atoms with Gasteiger partial charge in [-0.25, -0.2) is 0 Å². The molecule has 1 aliphatic rings. The Kier molecular flexibility index (Phi) is 9.45. The van der Waals surface area contributed by atoms with Crippen molar-refractivity contribution in [3.05, 3.63) is 71.2 Å². The van der Waals surface area contributed by atoms with E-state index in [1.807, 2.05) is 36.4 Å². The molecule has 8 nitrogen and oxygen atoms in total. The molecule has 0 spiro atoms. The molecule has 1 heterocycles. The number of methoxy groups -OCH3 is 2. The Balaban J connectivity index is 1.46. The summed E-state index contributed by atoms with van der Waals surface area (Å²) in [6.07, 6.45) is 5.26. The minimum absolute atomic E-state index is 0.0641. The van der Waals surface area contributed by atoms with Gasteiger partial charge in [-0.05, 0) is 23.8 Å². The van der Waals surface area contributed by atoms with Gasteiger partial charge in [0.15, 0.2) is 6.61 Å². The fraction of sp³-hybridized carbons (Fsp3) is 0.200. The van der Waals surface area contributed by atoms with Crippen molar-refractivity contribution in [1.29, 1.82) is 0 Å². The molecule has 2 aromatic carbocycles. The predicted octanol–water partition coefficient (Wildman–Crippen LogP) is 4.03. The zero-order valence-electron chi connectivity index (χ0n) is 19.2. The van der Waals surface area contributed by atoms with E-state index in [9.17, 15) is 14.4 Å². The predicted molar refractivity (Wildman–Crippen MR) is 139 cm³/mol. The van der Waals surface area contributed by atoms with Crippen LogP contribution in [0.5, 0.6) is 11.5 Å². The van der Waals surface area contributed by atoms with Gasteiger partial charge < -0.3 is 19.5 Å². The van der Waals surface area contributed by atoms with E-state index in [0.29, 0.717) is 26.4 Å². The number of nitrogens with zero attached hydrogens (tertiary/aromatic N) is 1. The molecule has 35 heavy (non-hydrogen) atoms. The number of benzene rings is 2. The number of amides is 2. The first-order valence-electron chi connectivity index (χ1n) is 10.6. The van der Waals surface area contributed by atoms with Gasteiger partial charge in [0, 0.05) is 12.6 Å². The van der Waals surface area contributed by atoms with Gasteiger partial charge in [-0.2, -0.15) is 0 Å². The Morgan fingerprint density at radius 3 is 2.60 bits per heavy atom. The van der Waals surface area contributed by atoms with Crippen molar-refractivity contribution >= 4 is 57.8 Å². The van der Waals surface area contributed by atoms with E-state index in [1.165, 1.54) is 30.9 Å². The van der Waals surface area contributed by atoms with Crippen LogP contribution in [0.15, 0.2) is 65.6 Å². The number of allylic oxidation sites excluding steroid dienone is 2. The van der Waals surface area contributed by atoms with E-state index in [0.717, 1.165) is 5.56 Å². The lowest BCUT2D eigenvalue weighted by Crippen LogP contribution is -2.31. The van der Waals surface area contributed by atoms with Crippen molar-refractivity contribution < 1.29 is 28.6 Å². The van der Waals surface area contributed by atoms with Gasteiger partial charge in [0.2, 0.25) is 0 Å². The van der Waals surface area contributed by atoms with Gasteiger partial charge in [-0.1, -0.05) is 66.5 Å². The van der Waals surface area contributed by atoms with Gasteiger partial charge >= 0.3 is 5.97 Å². The third-order valence-corrected chi connectivity index (χ3v) is 6.19. The number of thioether (sulfide) groups is 1. The maximum atomic E-state index is 12.6. The molecule has 182 valence electrons. The normalized spacial score (nSPS) is 14.5. The molecule has 0 bridgehead atoms. The van der Waals surface area contributed by atoms with Crippen LogP contribution in [-0.2, 0) is 19.1 Å². The number of rotatable bonds is 10. The van der Waals surface area contributed by atoms with E-state index < -0.39 is 18.5 Å². The molecule has 2 aromatic rings. The standard InChI is InChI=1S/C25H24N2O6S2/c1-31-18-11-12-20(32-2)19(15-18)26-22(28)16-33-23(29)13-14-27-24(30)21(35-25(27)34)10-6-9-17-7-4-3-5-8-17/h3-12,15H,13-14,16H2,1-2H3,(H,26,28). The van der Waals surface area contributed by atoms with Gasteiger partial charge in [0.25, 0.3) is 11.8 Å². The number of nitrogens with one attached hydrogen (secondary N) is 1. The van der Waals surface area contributed by atoms with Crippen LogP contribution in [0.25, 0.3) is 6.08 Å². The Labute approximate surface area is 212 Å². The SMILES string of the molecule is COc1ccc(OC)c(NC(=O)COC(=O)CCN2C(=O)C(=CC=Cc3ccccc3)SC2=S)c1. The largest absolute Gasteiger partial charge is 0.497 e. The van der Waals surface area contributed by atoms with Crippen molar-refractivity contribution in [2.45, 2.75) is 6.42 Å². The Morgan fingerprint density at radius 2 is 1.89 bits per heavy atom. The molecule has 1 saturated heterocycles. The lowest BCUT2D eigenvalue weighted by molar-refractivity contribution is -0.147. The summed E-state index contributed by atoms with van der Waals surface area (Å²) in [6.45, 7) is -0.420. The summed E-state index contributed by atoms with van der Waals surface area (Å²) in [4.78, 5) is 38.8. The molecule has 1 fully saturated rings. The fourth-order valence-electron chi connectivity index (χ4n) is 3.04. The first kappa shape index (κ1) is 26.0. The zero-order valence-corrected chi connectivity index (χ0v) is 20.8. The summed E-state index contributed by atoms with van der Waals surface area (Å²) < 4.78 is 15.7. The van der Waals surface area contributed by atoms with Crippen LogP contribution >= 0.6 is 24.0 Å². The van der Waals surface area contributed by atoms with E-state index >= 15 is 0 Å². The van der Waals surface area contributed by atoms with Gasteiger partial charge in [0.05, 0.1) is 31.2 Å². The summed E-state index contributed by atoms with van der Waals surface area (Å²) in [5, 5.41) is 2.62. The Bertz CT molecular complexity index is 1160. The number of hydrogen-bond acceptors (Lipinski definition) is 8. The Morgan fingerprint density at radius 1 is 1.11 bits per heavy atom. The number of ether oxygens (including phenoxy) is 3. The number of carbonyl (C=O) groups excluding carboxylic acids is 3. The minimum Gasteiger partial charge on any atom is -0.497 e. The van der Waals surface area contributed by atoms with E-state index in [2.05, 4.69) is 5.32 Å². The average Bonchev–Trinajstić information content (AvgIpc) is 3.14. The van der Waals surface area contributed by atoms with Crippen LogP contribution < -0.4 is 14.8 Å². The first-order chi connectivity index (χ1) is 16.9. The van der Waals surface area contributed by atoms with Crippen molar-refractivity contribution in [2.75, 3.05) is 32.7 Å². The first-order valence-corrected chi connectivity index (χ1v) is 11.8. The topological polar surface area (TPSA) is 94.2 Å². The summed E-state index contributed by atoms with van der Waals surface area (Å²) >= 11 is 6.45. The van der Waals surface area contributed by atoms with Gasteiger partial charge in [-0.3, -0.25) is 19.3 Å². The second-order valence-corrected chi connectivity index (χ2v) is 8.83. The second kappa shape index (κ2) is 12.7. The third-order valence-electron chi connectivity index (χ3n) is 4.79. The lowest BCUT2D eigenvalue weighted by atomic mass is 10.2. The second-order valence-electron chi connectivity index (χ2n) is 7.15. The quantitative estimate of drug-likeness (QED) is 0.290. The molecule has 1 N–H and O–H groups in total. The van der Waals surface area contributed by atoms with Gasteiger partial charge in [0.1, 0.15) is 15.8 Å². The van der Waals surface area contributed by atoms with Crippen molar-refractivity contribution in [3.63, 3.8) is 0 Å². The molecule has 0 atom stereocenters. The summed E-state index contributed by atoms with van der Waals surface area (Å²) in [5.41, 5.74) is 1.40. The average molecular weight is 513 g/mol. The van der Waals surface area contributed by atoms with Crippen LogP contribution in [-0.4, -0.2) is 54.4 Å². The number of esters is 1. The van der Waals surface area contributed by atoms with Crippen molar-refractivity contribution in [2.24, 2.45) is 0 Å². The highest BCUT2D eigenvalue weighted by molar-refractivity contribution is 8.26. The van der Waals surface area contributed by atoms with E-state index in [-0.39, 0.29) is 18.9 Å². The number of carbonyl (C=O) groups is 3. The fourth-order valence-corrected chi connectivity index (χ4v) is 4.30. The van der Waals surface area contributed by atoms with Crippen molar-refractivity contribution in [3.8, 4) is 11.5 Å². The molecule has 0 radical (unpaired) electrons. The molecule has 0 unspecified atom stereocenters. The maximum absolute atomic E-state index is 12.6. The van der Waals surface area contributed by atoms with E-state index in [4.69, 9.17) is 26.4 Å². The monoisotopic (exact) mass is 512 g/mol. The maximum Gasteiger partial charge on any atom is 0.308 e. The number of anilines is 1. The molecule has 0 aromatic heterocycles. The lowest BCUT2D eigenvalue weighted by Gasteiger charge is -2.14. The van der Waals surface area contributed by atoms with Crippen molar-refractivity contribution in [1.82, 2.24) is 4.90 Å². The van der Waals surface area contributed by atoms with Crippen LogP contribution in [0.2, 0.25) is 0 Å². The highest BCUT2D eigenvalue weighted by Gasteiger charge is 2.31. The smallest absolute Gasteiger partial charge is 0.308 e. The highest BCUT2D eigenvalue weighted by atomic mass is 32.2. The van der Waals surface area contributed by atoms with Crippen LogP contribution in [0, 0.1) is 0 Å². The molecular weight excluding hydrogens is 488 g/mol. The molecule has 1 aliphatic heterocycles. The number of thiocarbonyl (C=S) groups is 1. The molecule has 0 aliphatic carbocycles. The highest BCUT2D eigenvalue weighted by Crippen LogP contribution is 2.31. The molecule has 0 saturated carbocycles. The van der Waals surface area contributed by atoms with Gasteiger partial charge in [-0.15, -0.1) is 0 Å². The molecule has 3 rings (SSSR count). The molecular formula is C25H24N2O6S2. The number of hydrogen-bond donors (Lipinski definition) is 1. The molecule has 2 amide bonds. The Hall–Kier alpha value is -3.63. The zero-order chi connectivity index (χ0) is 25.2. The van der Waals surface area contributed by atoms with E-state index in [1.54, 1.807) is 30.4 Å². The van der Waals surface area contributed by atoms with Crippen LogP contribution in [0.1, 0.15) is 12.0 Å². The molecule has 10 heteroatoms. The van der Waals surface area contributed by atoms with Crippen LogP contribution in [0.4, 0.5) is 5.69 Å². The minimum atomic E-state index is -0.625.